The van der Waals surface area contributed by atoms with Crippen LogP contribution in [0.3, 0.4) is 0 Å². The molecule has 0 spiro atoms. The van der Waals surface area contributed by atoms with E-state index in [1.165, 1.54) is 0 Å². The zero-order chi connectivity index (χ0) is 15.1. The van der Waals surface area contributed by atoms with Gasteiger partial charge in [0.15, 0.2) is 0 Å². The Bertz CT molecular complexity index is 291. The largest absolute Gasteiger partial charge is 0.383 e. The summed E-state index contributed by atoms with van der Waals surface area (Å²) in [6.45, 7) is 6.68. The maximum absolute atomic E-state index is 12.7. The summed E-state index contributed by atoms with van der Waals surface area (Å²) in [5.41, 5.74) is 6.15. The molecule has 1 amide bonds. The Balaban J connectivity index is 2.66. The summed E-state index contributed by atoms with van der Waals surface area (Å²) in [6, 6.07) is 0.131. The molecule has 1 aliphatic carbocycles. The highest BCUT2D eigenvalue weighted by molar-refractivity contribution is 5.79. The highest BCUT2D eigenvalue weighted by Gasteiger charge is 2.36. The van der Waals surface area contributed by atoms with Crippen LogP contribution in [0.1, 0.15) is 26.7 Å². The van der Waals surface area contributed by atoms with Gasteiger partial charge in [0, 0.05) is 39.3 Å². The fraction of sp³-hybridized carbons (Fsp3) is 0.933. The Labute approximate surface area is 122 Å². The van der Waals surface area contributed by atoms with Crippen LogP contribution in [-0.2, 0) is 14.3 Å². The number of amides is 1. The lowest BCUT2D eigenvalue weighted by Crippen LogP contribution is -2.48. The van der Waals surface area contributed by atoms with E-state index in [9.17, 15) is 4.79 Å². The van der Waals surface area contributed by atoms with Gasteiger partial charge < -0.3 is 20.1 Å². The van der Waals surface area contributed by atoms with Crippen molar-refractivity contribution in [2.75, 3.05) is 40.5 Å². The van der Waals surface area contributed by atoms with Gasteiger partial charge >= 0.3 is 0 Å². The first-order valence-corrected chi connectivity index (χ1v) is 7.53. The minimum absolute atomic E-state index is 0.0370. The quantitative estimate of drug-likeness (QED) is 0.761. The summed E-state index contributed by atoms with van der Waals surface area (Å²) in [7, 11) is 3.31. The van der Waals surface area contributed by atoms with Crippen LogP contribution in [0, 0.1) is 17.8 Å². The third kappa shape index (κ3) is 4.72. The fourth-order valence-corrected chi connectivity index (χ4v) is 3.00. The summed E-state index contributed by atoms with van der Waals surface area (Å²) >= 11 is 0. The Morgan fingerprint density at radius 2 is 1.65 bits per heavy atom. The van der Waals surface area contributed by atoms with Crippen LogP contribution in [0.4, 0.5) is 0 Å². The average Bonchev–Trinajstić information content (AvgIpc) is 2.42. The molecule has 1 saturated carbocycles. The highest BCUT2D eigenvalue weighted by Crippen LogP contribution is 2.34. The van der Waals surface area contributed by atoms with Crippen LogP contribution in [0.2, 0.25) is 0 Å². The van der Waals surface area contributed by atoms with Crippen molar-refractivity contribution in [2.45, 2.75) is 32.7 Å². The number of nitrogens with two attached hydrogens (primary N) is 1. The molecule has 0 saturated heterocycles. The molecule has 0 bridgehead atoms. The molecule has 5 heteroatoms. The second-order valence-electron chi connectivity index (χ2n) is 6.01. The predicted octanol–water partition coefficient (Wildman–Crippen LogP) is 1.12. The van der Waals surface area contributed by atoms with E-state index < -0.39 is 0 Å². The number of rotatable bonds is 7. The van der Waals surface area contributed by atoms with Gasteiger partial charge in [-0.05, 0) is 24.7 Å². The monoisotopic (exact) mass is 286 g/mol. The van der Waals surface area contributed by atoms with Gasteiger partial charge in [0.25, 0.3) is 0 Å². The SMILES string of the molecule is COCCN(CCOC)C(=O)C1CC(N)C(C)CC1C. The van der Waals surface area contributed by atoms with E-state index in [1.807, 2.05) is 4.90 Å². The minimum atomic E-state index is 0.0370. The zero-order valence-electron chi connectivity index (χ0n) is 13.3. The van der Waals surface area contributed by atoms with Crippen molar-refractivity contribution in [2.24, 2.45) is 23.5 Å². The van der Waals surface area contributed by atoms with Crippen LogP contribution < -0.4 is 5.73 Å². The Morgan fingerprint density at radius 3 is 2.15 bits per heavy atom. The smallest absolute Gasteiger partial charge is 0.226 e. The maximum Gasteiger partial charge on any atom is 0.226 e. The van der Waals surface area contributed by atoms with Gasteiger partial charge in [-0.3, -0.25) is 4.79 Å². The summed E-state index contributed by atoms with van der Waals surface area (Å²) < 4.78 is 10.2. The molecule has 0 radical (unpaired) electrons. The second-order valence-corrected chi connectivity index (χ2v) is 6.01. The van der Waals surface area contributed by atoms with E-state index in [2.05, 4.69) is 13.8 Å². The molecular weight excluding hydrogens is 256 g/mol. The highest BCUT2D eigenvalue weighted by atomic mass is 16.5. The van der Waals surface area contributed by atoms with Gasteiger partial charge in [-0.25, -0.2) is 0 Å². The molecule has 0 heterocycles. The topological polar surface area (TPSA) is 64.8 Å². The number of hydrogen-bond donors (Lipinski definition) is 1. The average molecular weight is 286 g/mol. The van der Waals surface area contributed by atoms with Gasteiger partial charge in [0.05, 0.1) is 13.2 Å². The van der Waals surface area contributed by atoms with Crippen LogP contribution in [0.5, 0.6) is 0 Å². The Kier molecular flexibility index (Phi) is 7.48. The maximum atomic E-state index is 12.7. The van der Waals surface area contributed by atoms with Crippen molar-refractivity contribution in [3.63, 3.8) is 0 Å². The first-order chi connectivity index (χ1) is 9.51. The van der Waals surface area contributed by atoms with Crippen molar-refractivity contribution in [1.29, 1.82) is 0 Å². The summed E-state index contributed by atoms with van der Waals surface area (Å²) in [5, 5.41) is 0. The van der Waals surface area contributed by atoms with Crippen molar-refractivity contribution < 1.29 is 14.3 Å². The van der Waals surface area contributed by atoms with Crippen LogP contribution in [0.15, 0.2) is 0 Å². The lowest BCUT2D eigenvalue weighted by Gasteiger charge is -2.38. The van der Waals surface area contributed by atoms with Crippen LogP contribution in [-0.4, -0.2) is 57.4 Å². The number of carbonyl (C=O) groups excluding carboxylic acids is 1. The summed E-state index contributed by atoms with van der Waals surface area (Å²) in [4.78, 5) is 14.6. The Morgan fingerprint density at radius 1 is 1.10 bits per heavy atom. The van der Waals surface area contributed by atoms with Gasteiger partial charge in [-0.15, -0.1) is 0 Å². The summed E-state index contributed by atoms with van der Waals surface area (Å²) in [6.07, 6.45) is 1.82. The van der Waals surface area contributed by atoms with Gasteiger partial charge in [-0.1, -0.05) is 13.8 Å². The molecule has 2 N–H and O–H groups in total. The molecule has 0 aromatic rings. The van der Waals surface area contributed by atoms with E-state index in [1.54, 1.807) is 14.2 Å². The first-order valence-electron chi connectivity index (χ1n) is 7.53. The molecule has 20 heavy (non-hydrogen) atoms. The van der Waals surface area contributed by atoms with E-state index in [-0.39, 0.29) is 17.9 Å². The Hall–Kier alpha value is -0.650. The van der Waals surface area contributed by atoms with Crippen molar-refractivity contribution in [1.82, 2.24) is 4.90 Å². The number of ether oxygens (including phenoxy) is 2. The molecular formula is C15H30N2O3. The van der Waals surface area contributed by atoms with Crippen LogP contribution in [0.25, 0.3) is 0 Å². The molecule has 4 atom stereocenters. The molecule has 0 aromatic heterocycles. The lowest BCUT2D eigenvalue weighted by atomic mass is 9.72. The molecule has 0 aliphatic heterocycles. The van der Waals surface area contributed by atoms with Crippen LogP contribution >= 0.6 is 0 Å². The molecule has 4 unspecified atom stereocenters. The molecule has 1 aliphatic rings. The van der Waals surface area contributed by atoms with Crippen molar-refractivity contribution >= 4 is 5.91 Å². The second kappa shape index (κ2) is 8.60. The summed E-state index contributed by atoms with van der Waals surface area (Å²) in [5.74, 6) is 1.13. The van der Waals surface area contributed by atoms with Crippen molar-refractivity contribution in [3.05, 3.63) is 0 Å². The standard InChI is InChI=1S/C15H30N2O3/c1-11-9-12(2)14(16)10-13(11)15(18)17(5-7-19-3)6-8-20-4/h11-14H,5-10,16H2,1-4H3. The fourth-order valence-electron chi connectivity index (χ4n) is 3.00. The predicted molar refractivity (Wildman–Crippen MR) is 79.4 cm³/mol. The lowest BCUT2D eigenvalue weighted by molar-refractivity contribution is -0.140. The number of nitrogens with zero attached hydrogens (tertiary/aromatic N) is 1. The minimum Gasteiger partial charge on any atom is -0.383 e. The third-order valence-electron chi connectivity index (χ3n) is 4.45. The first kappa shape index (κ1) is 17.4. The molecule has 118 valence electrons. The van der Waals surface area contributed by atoms with E-state index in [4.69, 9.17) is 15.2 Å². The molecule has 5 nitrogen and oxygen atoms in total. The number of carbonyl (C=O) groups is 1. The zero-order valence-corrected chi connectivity index (χ0v) is 13.3. The number of hydrogen-bond acceptors (Lipinski definition) is 4. The molecule has 1 fully saturated rings. The van der Waals surface area contributed by atoms with E-state index in [0.717, 1.165) is 12.8 Å². The normalized spacial score (nSPS) is 30.2. The van der Waals surface area contributed by atoms with Gasteiger partial charge in [-0.2, -0.15) is 0 Å². The van der Waals surface area contributed by atoms with Gasteiger partial charge in [0.2, 0.25) is 5.91 Å². The van der Waals surface area contributed by atoms with E-state index >= 15 is 0 Å². The molecule has 1 rings (SSSR count). The van der Waals surface area contributed by atoms with Gasteiger partial charge in [0.1, 0.15) is 0 Å². The third-order valence-corrected chi connectivity index (χ3v) is 4.45. The molecule has 0 aromatic carbocycles. The van der Waals surface area contributed by atoms with E-state index in [0.29, 0.717) is 38.1 Å². The number of methoxy groups -OCH3 is 2. The van der Waals surface area contributed by atoms with Crippen molar-refractivity contribution in [3.8, 4) is 0 Å².